The number of benzene rings is 1. The fourth-order valence-electron chi connectivity index (χ4n) is 3.26. The van der Waals surface area contributed by atoms with Gasteiger partial charge in [-0.25, -0.2) is 4.79 Å². The van der Waals surface area contributed by atoms with Crippen LogP contribution in [-0.2, 0) is 30.4 Å². The quantitative estimate of drug-likeness (QED) is 0.534. The maximum absolute atomic E-state index is 12.4. The minimum Gasteiger partial charge on any atom is -0.468 e. The van der Waals surface area contributed by atoms with E-state index in [1.165, 1.54) is 30.2 Å². The van der Waals surface area contributed by atoms with Gasteiger partial charge in [0.1, 0.15) is 6.54 Å². The third-order valence-corrected chi connectivity index (χ3v) is 6.89. The second kappa shape index (κ2) is 11.8. The molecule has 1 aromatic carbocycles. The molecule has 3 rings (SSSR count). The number of rotatable bonds is 7. The topological polar surface area (TPSA) is 111 Å². The van der Waals surface area contributed by atoms with Gasteiger partial charge in [0, 0.05) is 26.2 Å². The molecule has 10 nitrogen and oxygen atoms in total. The Kier molecular flexibility index (Phi) is 8.89. The number of hydrogen-bond donors (Lipinski definition) is 0. The van der Waals surface area contributed by atoms with Gasteiger partial charge in [-0.1, -0.05) is 23.5 Å². The van der Waals surface area contributed by atoms with Gasteiger partial charge in [-0.05, 0) is 19.1 Å². The van der Waals surface area contributed by atoms with Crippen LogP contribution < -0.4 is 4.80 Å². The molecule has 0 unspecified atom stereocenters. The molecule has 2 aromatic rings. The number of thiazole rings is 1. The van der Waals surface area contributed by atoms with Crippen molar-refractivity contribution < 1.29 is 28.7 Å². The summed E-state index contributed by atoms with van der Waals surface area (Å²) in [6.45, 7) is 3.75. The van der Waals surface area contributed by atoms with E-state index in [9.17, 15) is 19.2 Å². The first-order valence-corrected chi connectivity index (χ1v) is 12.4. The number of ether oxygens (including phenoxy) is 2. The van der Waals surface area contributed by atoms with Crippen LogP contribution in [0.15, 0.2) is 29.3 Å². The number of nitrogens with zero attached hydrogens (tertiary/aromatic N) is 4. The smallest absolute Gasteiger partial charge is 0.409 e. The third-order valence-electron chi connectivity index (χ3n) is 4.93. The van der Waals surface area contributed by atoms with Crippen molar-refractivity contribution in [2.75, 3.05) is 51.4 Å². The first kappa shape index (κ1) is 24.8. The molecule has 0 atom stereocenters. The summed E-state index contributed by atoms with van der Waals surface area (Å²) in [5.41, 5.74) is 0.796. The SMILES string of the molecule is CCOC(=O)N1CCN(C(=O)CSCC(=O)N=c2sc3ccccc3n2CC(=O)OC)CC1. The molecule has 0 aliphatic carbocycles. The number of piperazine rings is 1. The van der Waals surface area contributed by atoms with Gasteiger partial charge < -0.3 is 23.8 Å². The van der Waals surface area contributed by atoms with Gasteiger partial charge in [-0.3, -0.25) is 14.4 Å². The number of hydrogen-bond acceptors (Lipinski definition) is 8. The van der Waals surface area contributed by atoms with Crippen LogP contribution in [0.5, 0.6) is 0 Å². The van der Waals surface area contributed by atoms with E-state index in [-0.39, 0.29) is 36.0 Å². The summed E-state index contributed by atoms with van der Waals surface area (Å²) >= 11 is 2.51. The van der Waals surface area contributed by atoms with Crippen molar-refractivity contribution in [3.8, 4) is 0 Å². The molecule has 12 heteroatoms. The fraction of sp³-hybridized carbons (Fsp3) is 0.476. The Hall–Kier alpha value is -2.86. The van der Waals surface area contributed by atoms with Gasteiger partial charge in [-0.15, -0.1) is 11.8 Å². The van der Waals surface area contributed by atoms with Crippen molar-refractivity contribution in [1.82, 2.24) is 14.4 Å². The number of thioether (sulfide) groups is 1. The first-order valence-electron chi connectivity index (χ1n) is 10.4. The molecule has 3 amide bonds. The summed E-state index contributed by atoms with van der Waals surface area (Å²) in [7, 11) is 1.31. The van der Waals surface area contributed by atoms with E-state index in [1.54, 1.807) is 21.3 Å². The zero-order chi connectivity index (χ0) is 23.8. The molecule has 1 aromatic heterocycles. The molecular formula is C21H26N4O6S2. The van der Waals surface area contributed by atoms with Crippen molar-refractivity contribution >= 4 is 57.2 Å². The van der Waals surface area contributed by atoms with E-state index in [2.05, 4.69) is 4.99 Å². The van der Waals surface area contributed by atoms with Crippen LogP contribution in [0.3, 0.4) is 0 Å². The molecule has 0 radical (unpaired) electrons. The van der Waals surface area contributed by atoms with E-state index in [1.807, 2.05) is 24.3 Å². The third kappa shape index (κ3) is 6.57. The van der Waals surface area contributed by atoms with Crippen LogP contribution in [0.25, 0.3) is 10.2 Å². The summed E-state index contributed by atoms with van der Waals surface area (Å²) in [4.78, 5) is 56.3. The second-order valence-electron chi connectivity index (χ2n) is 7.08. The zero-order valence-corrected chi connectivity index (χ0v) is 20.2. The van der Waals surface area contributed by atoms with E-state index in [4.69, 9.17) is 9.47 Å². The van der Waals surface area contributed by atoms with Gasteiger partial charge in [-0.2, -0.15) is 4.99 Å². The van der Waals surface area contributed by atoms with Crippen LogP contribution >= 0.6 is 23.1 Å². The molecular weight excluding hydrogens is 468 g/mol. The molecule has 2 heterocycles. The highest BCUT2D eigenvalue weighted by Gasteiger charge is 2.24. The van der Waals surface area contributed by atoms with Crippen molar-refractivity contribution in [2.45, 2.75) is 13.5 Å². The molecule has 0 spiro atoms. The van der Waals surface area contributed by atoms with E-state index in [0.29, 0.717) is 37.6 Å². The lowest BCUT2D eigenvalue weighted by Gasteiger charge is -2.34. The number of fused-ring (bicyclic) bond motifs is 1. The zero-order valence-electron chi connectivity index (χ0n) is 18.5. The Morgan fingerprint density at radius 3 is 2.45 bits per heavy atom. The number of aromatic nitrogens is 1. The van der Waals surface area contributed by atoms with Crippen LogP contribution in [0.2, 0.25) is 0 Å². The lowest BCUT2D eigenvalue weighted by Crippen LogP contribution is -2.51. The average Bonchev–Trinajstić information content (AvgIpc) is 3.15. The molecule has 1 aliphatic heterocycles. The molecule has 178 valence electrons. The predicted molar refractivity (Wildman–Crippen MR) is 125 cm³/mol. The fourth-order valence-corrected chi connectivity index (χ4v) is 5.01. The predicted octanol–water partition coefficient (Wildman–Crippen LogP) is 1.34. The van der Waals surface area contributed by atoms with Crippen LogP contribution in [0.1, 0.15) is 6.92 Å². The van der Waals surface area contributed by atoms with Crippen molar-refractivity contribution in [3.63, 3.8) is 0 Å². The van der Waals surface area contributed by atoms with Gasteiger partial charge >= 0.3 is 12.1 Å². The minimum absolute atomic E-state index is 0.0427. The molecule has 1 saturated heterocycles. The van der Waals surface area contributed by atoms with Crippen LogP contribution in [-0.4, -0.2) is 89.6 Å². The number of esters is 1. The Labute approximate surface area is 199 Å². The maximum atomic E-state index is 12.4. The van der Waals surface area contributed by atoms with Gasteiger partial charge in [0.2, 0.25) is 5.91 Å². The lowest BCUT2D eigenvalue weighted by atomic mass is 10.3. The van der Waals surface area contributed by atoms with E-state index >= 15 is 0 Å². The summed E-state index contributed by atoms with van der Waals surface area (Å²) in [5, 5.41) is 0. The standard InChI is InChI=1S/C21H26N4O6S2/c1-3-31-21(29)24-10-8-23(9-11-24)18(27)14-32-13-17(26)22-20-25(12-19(28)30-2)15-6-4-5-7-16(15)33-20/h4-7H,3,8-14H2,1-2H3. The van der Waals surface area contributed by atoms with Crippen molar-refractivity contribution in [2.24, 2.45) is 4.99 Å². The number of methoxy groups -OCH3 is 1. The summed E-state index contributed by atoms with van der Waals surface area (Å²) < 4.78 is 12.3. The largest absolute Gasteiger partial charge is 0.468 e. The molecule has 0 saturated carbocycles. The van der Waals surface area contributed by atoms with Crippen LogP contribution in [0.4, 0.5) is 4.79 Å². The summed E-state index contributed by atoms with van der Waals surface area (Å²) in [6, 6.07) is 7.48. The van der Waals surface area contributed by atoms with Gasteiger partial charge in [0.15, 0.2) is 4.80 Å². The number of amides is 3. The normalized spacial score (nSPS) is 14.4. The van der Waals surface area contributed by atoms with Gasteiger partial charge in [0.05, 0.1) is 35.4 Å². The second-order valence-corrected chi connectivity index (χ2v) is 9.07. The maximum Gasteiger partial charge on any atom is 0.409 e. The Morgan fingerprint density at radius 1 is 1.06 bits per heavy atom. The highest BCUT2D eigenvalue weighted by molar-refractivity contribution is 8.00. The molecule has 33 heavy (non-hydrogen) atoms. The molecule has 1 aliphatic rings. The highest BCUT2D eigenvalue weighted by Crippen LogP contribution is 2.17. The summed E-state index contributed by atoms with van der Waals surface area (Å²) in [6.07, 6.45) is -0.364. The van der Waals surface area contributed by atoms with Gasteiger partial charge in [0.25, 0.3) is 5.91 Å². The molecule has 0 bridgehead atoms. The summed E-state index contributed by atoms with van der Waals surface area (Å²) in [5.74, 6) is -0.713. The molecule has 1 fully saturated rings. The van der Waals surface area contributed by atoms with Crippen molar-refractivity contribution in [3.05, 3.63) is 29.1 Å². The van der Waals surface area contributed by atoms with E-state index < -0.39 is 5.97 Å². The monoisotopic (exact) mass is 494 g/mol. The lowest BCUT2D eigenvalue weighted by molar-refractivity contribution is -0.141. The molecule has 0 N–H and O–H groups in total. The Morgan fingerprint density at radius 2 is 1.76 bits per heavy atom. The van der Waals surface area contributed by atoms with Crippen molar-refractivity contribution in [1.29, 1.82) is 0 Å². The Bertz CT molecular complexity index is 1090. The number of para-hydroxylation sites is 1. The van der Waals surface area contributed by atoms with E-state index in [0.717, 1.165) is 10.2 Å². The van der Waals surface area contributed by atoms with Crippen LogP contribution in [0, 0.1) is 0 Å². The average molecular weight is 495 g/mol. The minimum atomic E-state index is -0.435. The first-order chi connectivity index (χ1) is 15.9. The highest BCUT2D eigenvalue weighted by atomic mass is 32.2. The number of carbonyl (C=O) groups excluding carboxylic acids is 4. The Balaban J connectivity index is 1.55. The number of carbonyl (C=O) groups is 4.